The number of hydrogen-bond acceptors (Lipinski definition) is 7. The number of nitrogens with zero attached hydrogens (tertiary/aromatic N) is 2. The van der Waals surface area contributed by atoms with Gasteiger partial charge in [-0.25, -0.2) is 4.39 Å². The monoisotopic (exact) mass is 367 g/mol. The number of carbonyl (C=O) groups excluding carboxylic acids is 1. The lowest BCUT2D eigenvalue weighted by Crippen LogP contribution is -2.51. The number of thioether (sulfide) groups is 1. The zero-order valence-corrected chi connectivity index (χ0v) is 14.4. The van der Waals surface area contributed by atoms with Gasteiger partial charge in [0, 0.05) is 19.6 Å². The van der Waals surface area contributed by atoms with E-state index in [1.165, 1.54) is 23.9 Å². The molecule has 1 aliphatic heterocycles. The van der Waals surface area contributed by atoms with Gasteiger partial charge in [-0.3, -0.25) is 4.79 Å². The fourth-order valence-electron chi connectivity index (χ4n) is 2.42. The van der Waals surface area contributed by atoms with Gasteiger partial charge < -0.3 is 19.2 Å². The van der Waals surface area contributed by atoms with E-state index in [0.29, 0.717) is 36.5 Å². The number of aryl methyl sites for hydroxylation is 1. The number of rotatable bonds is 6. The molecule has 2 atom stereocenters. The first kappa shape index (κ1) is 17.7. The predicted octanol–water partition coefficient (Wildman–Crippen LogP) is 1.96. The smallest absolute Gasteiger partial charge is 0.277 e. The number of amides is 1. The van der Waals surface area contributed by atoms with Gasteiger partial charge in [0.15, 0.2) is 0 Å². The van der Waals surface area contributed by atoms with E-state index < -0.39 is 0 Å². The lowest BCUT2D eigenvalue weighted by molar-refractivity contribution is -0.121. The standard InChI is InChI=1S/C16H18FN3O4S/c1-10-19-20-16(23-10)25-9-15(21)18-13-5-6-22-8-14(13)24-12-4-2-3-11(17)7-12/h2-4,7,13-14H,5-6,8-9H2,1H3,(H,18,21)/t13-,14-/m1/s1. The normalized spacial score (nSPS) is 20.2. The van der Waals surface area contributed by atoms with Gasteiger partial charge in [0.2, 0.25) is 11.8 Å². The van der Waals surface area contributed by atoms with Crippen LogP contribution in [-0.4, -0.2) is 47.2 Å². The van der Waals surface area contributed by atoms with E-state index in [-0.39, 0.29) is 29.6 Å². The number of aromatic nitrogens is 2. The largest absolute Gasteiger partial charge is 0.486 e. The van der Waals surface area contributed by atoms with Crippen molar-refractivity contribution in [2.24, 2.45) is 0 Å². The molecule has 25 heavy (non-hydrogen) atoms. The van der Waals surface area contributed by atoms with Crippen molar-refractivity contribution < 1.29 is 23.1 Å². The van der Waals surface area contributed by atoms with Crippen LogP contribution in [0, 0.1) is 12.7 Å². The van der Waals surface area contributed by atoms with Gasteiger partial charge in [-0.2, -0.15) is 0 Å². The molecule has 1 amide bonds. The topological polar surface area (TPSA) is 86.5 Å². The molecule has 2 heterocycles. The van der Waals surface area contributed by atoms with Crippen molar-refractivity contribution in [3.05, 3.63) is 36.0 Å². The maximum absolute atomic E-state index is 13.3. The van der Waals surface area contributed by atoms with Crippen LogP contribution in [0.2, 0.25) is 0 Å². The molecule has 1 aromatic heterocycles. The van der Waals surface area contributed by atoms with E-state index in [4.69, 9.17) is 13.9 Å². The van der Waals surface area contributed by atoms with Crippen molar-refractivity contribution in [1.29, 1.82) is 0 Å². The second-order valence-electron chi connectivity index (χ2n) is 5.53. The Hall–Kier alpha value is -2.13. The second kappa shape index (κ2) is 8.30. The highest BCUT2D eigenvalue weighted by Gasteiger charge is 2.29. The average Bonchev–Trinajstić information content (AvgIpc) is 3.00. The number of nitrogens with one attached hydrogen (secondary N) is 1. The Morgan fingerprint density at radius 2 is 2.36 bits per heavy atom. The summed E-state index contributed by atoms with van der Waals surface area (Å²) in [5, 5.41) is 10.8. The minimum Gasteiger partial charge on any atom is -0.486 e. The Bertz CT molecular complexity index is 727. The molecule has 134 valence electrons. The molecular formula is C16H18FN3O4S. The second-order valence-corrected chi connectivity index (χ2v) is 6.45. The van der Waals surface area contributed by atoms with Crippen molar-refractivity contribution >= 4 is 17.7 Å². The zero-order chi connectivity index (χ0) is 17.6. The SMILES string of the molecule is Cc1nnc(SCC(=O)N[C@@H]2CCOC[C@H]2Oc2cccc(F)c2)o1. The lowest BCUT2D eigenvalue weighted by Gasteiger charge is -2.32. The number of ether oxygens (including phenoxy) is 2. The molecule has 7 nitrogen and oxygen atoms in total. The Kier molecular flexibility index (Phi) is 5.87. The first-order chi connectivity index (χ1) is 12.1. The van der Waals surface area contributed by atoms with Crippen LogP contribution in [0.3, 0.4) is 0 Å². The van der Waals surface area contributed by atoms with Gasteiger partial charge in [0.1, 0.15) is 17.7 Å². The maximum atomic E-state index is 13.3. The summed E-state index contributed by atoms with van der Waals surface area (Å²) in [7, 11) is 0. The van der Waals surface area contributed by atoms with Crippen LogP contribution in [0.25, 0.3) is 0 Å². The molecule has 3 rings (SSSR count). The molecule has 1 fully saturated rings. The molecule has 0 saturated carbocycles. The van der Waals surface area contributed by atoms with Crippen molar-refractivity contribution in [3.63, 3.8) is 0 Å². The first-order valence-electron chi connectivity index (χ1n) is 7.82. The zero-order valence-electron chi connectivity index (χ0n) is 13.6. The number of benzene rings is 1. The summed E-state index contributed by atoms with van der Waals surface area (Å²) in [6.07, 6.45) is 0.242. The summed E-state index contributed by atoms with van der Waals surface area (Å²) in [6, 6.07) is 5.69. The molecule has 1 N–H and O–H groups in total. The first-order valence-corrected chi connectivity index (χ1v) is 8.81. The van der Waals surface area contributed by atoms with E-state index >= 15 is 0 Å². The van der Waals surface area contributed by atoms with Crippen molar-refractivity contribution in [2.75, 3.05) is 19.0 Å². The Labute approximate surface area is 148 Å². The Balaban J connectivity index is 1.54. The summed E-state index contributed by atoms with van der Waals surface area (Å²) in [6.45, 7) is 2.55. The van der Waals surface area contributed by atoms with Crippen molar-refractivity contribution in [1.82, 2.24) is 15.5 Å². The highest BCUT2D eigenvalue weighted by atomic mass is 32.2. The molecule has 1 saturated heterocycles. The van der Waals surface area contributed by atoms with Crippen LogP contribution >= 0.6 is 11.8 Å². The van der Waals surface area contributed by atoms with Gasteiger partial charge in [0.05, 0.1) is 18.4 Å². The maximum Gasteiger partial charge on any atom is 0.277 e. The molecular weight excluding hydrogens is 349 g/mol. The minimum atomic E-state index is -0.379. The molecule has 1 aliphatic rings. The van der Waals surface area contributed by atoms with Gasteiger partial charge in [-0.1, -0.05) is 17.8 Å². The molecule has 2 aromatic rings. The fourth-order valence-corrected chi connectivity index (χ4v) is 3.04. The van der Waals surface area contributed by atoms with Gasteiger partial charge in [-0.15, -0.1) is 10.2 Å². The van der Waals surface area contributed by atoms with Gasteiger partial charge in [-0.05, 0) is 18.6 Å². The van der Waals surface area contributed by atoms with E-state index in [2.05, 4.69) is 15.5 Å². The molecule has 0 unspecified atom stereocenters. The van der Waals surface area contributed by atoms with Crippen LogP contribution in [0.15, 0.2) is 33.9 Å². The summed E-state index contributed by atoms with van der Waals surface area (Å²) in [5.41, 5.74) is 0. The number of carbonyl (C=O) groups is 1. The third kappa shape index (κ3) is 5.17. The molecule has 0 spiro atoms. The number of hydrogen-bond donors (Lipinski definition) is 1. The minimum absolute atomic E-state index is 0.158. The van der Waals surface area contributed by atoms with Crippen LogP contribution in [0.5, 0.6) is 5.75 Å². The third-order valence-electron chi connectivity index (χ3n) is 3.57. The van der Waals surface area contributed by atoms with Crippen LogP contribution in [0.4, 0.5) is 4.39 Å². The van der Waals surface area contributed by atoms with Crippen LogP contribution in [0.1, 0.15) is 12.3 Å². The highest BCUT2D eigenvalue weighted by molar-refractivity contribution is 7.99. The quantitative estimate of drug-likeness (QED) is 0.781. The van der Waals surface area contributed by atoms with Crippen molar-refractivity contribution in [2.45, 2.75) is 30.7 Å². The van der Waals surface area contributed by atoms with Crippen molar-refractivity contribution in [3.8, 4) is 5.75 Å². The number of halogens is 1. The summed E-state index contributed by atoms with van der Waals surface area (Å²) in [4.78, 5) is 12.2. The fraction of sp³-hybridized carbons (Fsp3) is 0.438. The molecule has 0 aliphatic carbocycles. The van der Waals surface area contributed by atoms with Gasteiger partial charge >= 0.3 is 0 Å². The molecule has 0 bridgehead atoms. The van der Waals surface area contributed by atoms with Crippen LogP contribution in [-0.2, 0) is 9.53 Å². The van der Waals surface area contributed by atoms with Gasteiger partial charge in [0.25, 0.3) is 5.22 Å². The summed E-state index contributed by atoms with van der Waals surface area (Å²) in [5.74, 6) is 0.481. The van der Waals surface area contributed by atoms with E-state index in [9.17, 15) is 9.18 Å². The summed E-state index contributed by atoms with van der Waals surface area (Å²) < 4.78 is 29.7. The predicted molar refractivity (Wildman–Crippen MR) is 87.9 cm³/mol. The summed E-state index contributed by atoms with van der Waals surface area (Å²) >= 11 is 1.17. The lowest BCUT2D eigenvalue weighted by atomic mass is 10.1. The third-order valence-corrected chi connectivity index (χ3v) is 4.39. The van der Waals surface area contributed by atoms with E-state index in [1.807, 2.05) is 0 Å². The highest BCUT2D eigenvalue weighted by Crippen LogP contribution is 2.19. The average molecular weight is 367 g/mol. The molecule has 1 aromatic carbocycles. The van der Waals surface area contributed by atoms with E-state index in [0.717, 1.165) is 0 Å². The molecule has 9 heteroatoms. The Morgan fingerprint density at radius 1 is 1.48 bits per heavy atom. The Morgan fingerprint density at radius 3 is 3.12 bits per heavy atom. The van der Waals surface area contributed by atoms with E-state index in [1.54, 1.807) is 19.1 Å². The van der Waals surface area contributed by atoms with Crippen LogP contribution < -0.4 is 10.1 Å². The molecule has 0 radical (unpaired) electrons.